The molecule has 4 aromatic rings. The fourth-order valence-electron chi connectivity index (χ4n) is 5.37. The minimum atomic E-state index is -0.197. The van der Waals surface area contributed by atoms with Gasteiger partial charge >= 0.3 is 0 Å². The maximum Gasteiger partial charge on any atom is 0.0725 e. The third kappa shape index (κ3) is 1.69. The fraction of sp³-hybridized carbons (Fsp3) is 0.111. The first-order valence-electron chi connectivity index (χ1n) is 9.63. The van der Waals surface area contributed by atoms with E-state index in [1.807, 2.05) is 0 Å². The lowest BCUT2D eigenvalue weighted by molar-refractivity contribution is 0.792. The average Bonchev–Trinajstić information content (AvgIpc) is 3.14. The molecule has 0 heteroatoms. The maximum absolute atomic E-state index is 2.41. The van der Waals surface area contributed by atoms with Crippen molar-refractivity contribution in [3.63, 3.8) is 0 Å². The van der Waals surface area contributed by atoms with Gasteiger partial charge in [-0.05, 0) is 58.4 Å². The van der Waals surface area contributed by atoms with Gasteiger partial charge in [0, 0.05) is 0 Å². The van der Waals surface area contributed by atoms with Gasteiger partial charge in [0.1, 0.15) is 0 Å². The second-order valence-corrected chi connectivity index (χ2v) is 7.94. The molecule has 0 aromatic heterocycles. The number of hydrogen-bond acceptors (Lipinski definition) is 0. The molecule has 2 aliphatic rings. The summed E-state index contributed by atoms with van der Waals surface area (Å²) in [6.07, 6.45) is 0. The molecule has 2 aliphatic carbocycles. The van der Waals surface area contributed by atoms with Crippen LogP contribution in [0.1, 0.15) is 33.4 Å². The van der Waals surface area contributed by atoms with Gasteiger partial charge in [0.2, 0.25) is 0 Å². The molecule has 0 heterocycles. The van der Waals surface area contributed by atoms with Gasteiger partial charge in [-0.15, -0.1) is 0 Å². The third-order valence-electron chi connectivity index (χ3n) is 6.40. The van der Waals surface area contributed by atoms with E-state index in [2.05, 4.69) is 98.8 Å². The van der Waals surface area contributed by atoms with Crippen molar-refractivity contribution in [2.45, 2.75) is 19.3 Å². The number of rotatable bonds is 0. The Balaban J connectivity index is 1.87. The van der Waals surface area contributed by atoms with Gasteiger partial charge in [-0.1, -0.05) is 96.1 Å². The summed E-state index contributed by atoms with van der Waals surface area (Å²) in [6.45, 7) is 4.39. The Morgan fingerprint density at radius 3 is 1.67 bits per heavy atom. The van der Waals surface area contributed by atoms with E-state index in [4.69, 9.17) is 0 Å². The first-order valence-corrected chi connectivity index (χ1v) is 9.63. The number of fused-ring (bicyclic) bond motifs is 10. The molecule has 128 valence electrons. The van der Waals surface area contributed by atoms with Crippen LogP contribution in [0.25, 0.3) is 22.3 Å². The minimum Gasteiger partial charge on any atom is -0.0619 e. The topological polar surface area (TPSA) is 0 Å². The predicted octanol–water partition coefficient (Wildman–Crippen LogP) is 6.65. The predicted molar refractivity (Wildman–Crippen MR) is 112 cm³/mol. The van der Waals surface area contributed by atoms with Crippen LogP contribution in [-0.2, 0) is 5.41 Å². The van der Waals surface area contributed by atoms with Crippen molar-refractivity contribution >= 4 is 0 Å². The highest BCUT2D eigenvalue weighted by molar-refractivity contribution is 5.95. The first kappa shape index (κ1) is 15.0. The van der Waals surface area contributed by atoms with Crippen molar-refractivity contribution in [3.8, 4) is 22.3 Å². The van der Waals surface area contributed by atoms with Gasteiger partial charge in [0.05, 0.1) is 5.41 Å². The van der Waals surface area contributed by atoms with Crippen LogP contribution in [0.2, 0.25) is 0 Å². The molecule has 0 atom stereocenters. The SMILES string of the molecule is Cc1ccc2c(c1)-c1ccc(C)cc1C21c2ccccc2-c2ccccc21. The van der Waals surface area contributed by atoms with E-state index >= 15 is 0 Å². The molecule has 0 amide bonds. The summed E-state index contributed by atoms with van der Waals surface area (Å²) in [5, 5.41) is 0. The van der Waals surface area contributed by atoms with E-state index in [0.717, 1.165) is 0 Å². The fourth-order valence-corrected chi connectivity index (χ4v) is 5.37. The summed E-state index contributed by atoms with van der Waals surface area (Å²) in [6, 6.07) is 31.9. The van der Waals surface area contributed by atoms with E-state index in [1.165, 1.54) is 55.6 Å². The van der Waals surface area contributed by atoms with Gasteiger partial charge in [-0.25, -0.2) is 0 Å². The Labute approximate surface area is 160 Å². The van der Waals surface area contributed by atoms with E-state index in [0.29, 0.717) is 0 Å². The minimum absolute atomic E-state index is 0.197. The zero-order valence-electron chi connectivity index (χ0n) is 15.6. The molecule has 0 bridgehead atoms. The number of hydrogen-bond donors (Lipinski definition) is 0. The zero-order valence-corrected chi connectivity index (χ0v) is 15.6. The molecule has 0 N–H and O–H groups in total. The lowest BCUT2D eigenvalue weighted by Gasteiger charge is -2.30. The van der Waals surface area contributed by atoms with Crippen molar-refractivity contribution in [2.24, 2.45) is 0 Å². The Kier molecular flexibility index (Phi) is 2.77. The molecule has 1 spiro atoms. The lowest BCUT2D eigenvalue weighted by Crippen LogP contribution is -2.25. The molecule has 0 aliphatic heterocycles. The molecule has 0 saturated carbocycles. The van der Waals surface area contributed by atoms with E-state index < -0.39 is 0 Å². The zero-order chi connectivity index (χ0) is 18.2. The van der Waals surface area contributed by atoms with Crippen molar-refractivity contribution in [2.75, 3.05) is 0 Å². The summed E-state index contributed by atoms with van der Waals surface area (Å²) in [4.78, 5) is 0. The van der Waals surface area contributed by atoms with Crippen LogP contribution in [0.15, 0.2) is 84.9 Å². The third-order valence-corrected chi connectivity index (χ3v) is 6.40. The molecular weight excluding hydrogens is 324 g/mol. The van der Waals surface area contributed by atoms with Crippen LogP contribution in [0.3, 0.4) is 0 Å². The smallest absolute Gasteiger partial charge is 0.0619 e. The van der Waals surface area contributed by atoms with Gasteiger partial charge in [0.25, 0.3) is 0 Å². The molecule has 0 saturated heterocycles. The summed E-state index contributed by atoms with van der Waals surface area (Å²) >= 11 is 0. The van der Waals surface area contributed by atoms with Crippen molar-refractivity contribution in [1.29, 1.82) is 0 Å². The average molecular weight is 344 g/mol. The highest BCUT2D eigenvalue weighted by Crippen LogP contribution is 2.62. The van der Waals surface area contributed by atoms with Crippen molar-refractivity contribution in [1.82, 2.24) is 0 Å². The Morgan fingerprint density at radius 1 is 0.444 bits per heavy atom. The second kappa shape index (κ2) is 4.98. The first-order chi connectivity index (χ1) is 13.2. The van der Waals surface area contributed by atoms with Gasteiger partial charge < -0.3 is 0 Å². The van der Waals surface area contributed by atoms with Crippen LogP contribution >= 0.6 is 0 Å². The largest absolute Gasteiger partial charge is 0.0725 e. The Bertz CT molecular complexity index is 1200. The molecule has 0 radical (unpaired) electrons. The lowest BCUT2D eigenvalue weighted by atomic mass is 9.70. The molecule has 0 nitrogen and oxygen atoms in total. The van der Waals surface area contributed by atoms with Crippen LogP contribution in [0.4, 0.5) is 0 Å². The Morgan fingerprint density at radius 2 is 0.963 bits per heavy atom. The molecule has 27 heavy (non-hydrogen) atoms. The van der Waals surface area contributed by atoms with Gasteiger partial charge in [-0.2, -0.15) is 0 Å². The molecule has 0 fully saturated rings. The van der Waals surface area contributed by atoms with Crippen LogP contribution < -0.4 is 0 Å². The second-order valence-electron chi connectivity index (χ2n) is 7.94. The molecule has 0 unspecified atom stereocenters. The van der Waals surface area contributed by atoms with Crippen LogP contribution in [0, 0.1) is 13.8 Å². The number of aryl methyl sites for hydroxylation is 2. The van der Waals surface area contributed by atoms with Crippen molar-refractivity contribution < 1.29 is 0 Å². The van der Waals surface area contributed by atoms with E-state index in [-0.39, 0.29) is 5.41 Å². The summed E-state index contributed by atoms with van der Waals surface area (Å²) in [5.41, 5.74) is 13.6. The van der Waals surface area contributed by atoms with E-state index in [9.17, 15) is 0 Å². The summed E-state index contributed by atoms with van der Waals surface area (Å²) in [7, 11) is 0. The standard InChI is InChI=1S/C27H20/c1-17-12-14-25-22(15-17)21-13-11-18(2)16-26(21)27(25)23-9-5-3-7-19(23)20-8-4-6-10-24(20)27/h3-16H,1-2H3. The molecule has 4 aromatic carbocycles. The normalized spacial score (nSPS) is 14.6. The number of benzene rings is 4. The van der Waals surface area contributed by atoms with Crippen LogP contribution in [0.5, 0.6) is 0 Å². The summed E-state index contributed by atoms with van der Waals surface area (Å²) in [5.74, 6) is 0. The van der Waals surface area contributed by atoms with Gasteiger partial charge in [0.15, 0.2) is 0 Å². The highest BCUT2D eigenvalue weighted by Gasteiger charge is 2.51. The summed E-state index contributed by atoms with van der Waals surface area (Å²) < 4.78 is 0. The maximum atomic E-state index is 2.41. The quantitative estimate of drug-likeness (QED) is 0.289. The van der Waals surface area contributed by atoms with E-state index in [1.54, 1.807) is 0 Å². The van der Waals surface area contributed by atoms with Gasteiger partial charge in [-0.3, -0.25) is 0 Å². The Hall–Kier alpha value is -3.12. The molecule has 6 rings (SSSR count). The highest BCUT2D eigenvalue weighted by atomic mass is 14.5. The van der Waals surface area contributed by atoms with Crippen LogP contribution in [-0.4, -0.2) is 0 Å². The molecular formula is C27H20. The monoisotopic (exact) mass is 344 g/mol. The van der Waals surface area contributed by atoms with Crippen molar-refractivity contribution in [3.05, 3.63) is 118 Å².